The summed E-state index contributed by atoms with van der Waals surface area (Å²) < 4.78 is 19.2. The third-order valence-electron chi connectivity index (χ3n) is 6.91. The van der Waals surface area contributed by atoms with Crippen LogP contribution in [0, 0.1) is 11.7 Å². The molecule has 4 atom stereocenters. The molecule has 3 fully saturated rings. The van der Waals surface area contributed by atoms with Crippen LogP contribution in [0.25, 0.3) is 0 Å². The van der Waals surface area contributed by atoms with Crippen molar-refractivity contribution >= 4 is 11.8 Å². The number of benzene rings is 2. The van der Waals surface area contributed by atoms with E-state index in [9.17, 15) is 14.0 Å². The first-order chi connectivity index (χ1) is 16.0. The van der Waals surface area contributed by atoms with Gasteiger partial charge in [0.25, 0.3) is 0 Å². The summed E-state index contributed by atoms with van der Waals surface area (Å²) in [7, 11) is 0. The molecular formula is C25H29FN4O3. The highest BCUT2D eigenvalue weighted by molar-refractivity contribution is 5.99. The van der Waals surface area contributed by atoms with Crippen LogP contribution >= 0.6 is 0 Å². The Balaban J connectivity index is 1.36. The monoisotopic (exact) mass is 452 g/mol. The number of urea groups is 1. The summed E-state index contributed by atoms with van der Waals surface area (Å²) in [5, 5.41) is 5.10. The number of Topliss-reactive ketones (excluding diaryl/α,β-unsaturated/α-hetero) is 1. The van der Waals surface area contributed by atoms with Crippen molar-refractivity contribution in [3.05, 3.63) is 65.5 Å². The molecule has 0 spiro atoms. The molecule has 33 heavy (non-hydrogen) atoms. The summed E-state index contributed by atoms with van der Waals surface area (Å²) in [6, 6.07) is 13.2. The molecule has 4 unspecified atom stereocenters. The fourth-order valence-corrected chi connectivity index (χ4v) is 5.36. The normalized spacial score (nSPS) is 26.7. The summed E-state index contributed by atoms with van der Waals surface area (Å²) >= 11 is 0. The van der Waals surface area contributed by atoms with Gasteiger partial charge in [-0.05, 0) is 61.7 Å². The van der Waals surface area contributed by atoms with E-state index < -0.39 is 0 Å². The molecule has 8 heteroatoms. The highest BCUT2D eigenvalue weighted by Crippen LogP contribution is 2.39. The van der Waals surface area contributed by atoms with Gasteiger partial charge in [-0.2, -0.15) is 0 Å². The van der Waals surface area contributed by atoms with Crippen LogP contribution in [0.3, 0.4) is 0 Å². The quantitative estimate of drug-likeness (QED) is 0.652. The summed E-state index contributed by atoms with van der Waals surface area (Å²) in [4.78, 5) is 28.3. The number of halogens is 1. The maximum atomic E-state index is 13.8. The van der Waals surface area contributed by atoms with Crippen molar-refractivity contribution in [1.82, 2.24) is 20.7 Å². The van der Waals surface area contributed by atoms with Gasteiger partial charge in [-0.1, -0.05) is 25.0 Å². The van der Waals surface area contributed by atoms with E-state index in [2.05, 4.69) is 10.7 Å². The number of nitrogens with zero attached hydrogens (tertiary/aromatic N) is 2. The molecule has 5 rings (SSSR count). The Hall–Kier alpha value is -2.97. The SMILES string of the molecule is CCOc1ccc(C(=O)CN2C(=O)N3NC(c4cccc(F)c4)NC3C3CCCCC32)cc1. The third kappa shape index (κ3) is 4.20. The van der Waals surface area contributed by atoms with Crippen LogP contribution < -0.4 is 15.5 Å². The van der Waals surface area contributed by atoms with Gasteiger partial charge in [0.1, 0.15) is 23.9 Å². The molecule has 7 nitrogen and oxygen atoms in total. The van der Waals surface area contributed by atoms with Crippen LogP contribution in [0.2, 0.25) is 0 Å². The van der Waals surface area contributed by atoms with Gasteiger partial charge in [-0.25, -0.2) is 19.6 Å². The van der Waals surface area contributed by atoms with Crippen molar-refractivity contribution in [2.24, 2.45) is 5.92 Å². The molecule has 0 radical (unpaired) electrons. The first-order valence-corrected chi connectivity index (χ1v) is 11.7. The van der Waals surface area contributed by atoms with Crippen LogP contribution in [0.5, 0.6) is 5.75 Å². The number of hydrogen-bond donors (Lipinski definition) is 2. The molecule has 2 heterocycles. The maximum absolute atomic E-state index is 13.8. The number of rotatable bonds is 6. The van der Waals surface area contributed by atoms with Gasteiger partial charge in [-0.15, -0.1) is 0 Å². The lowest BCUT2D eigenvalue weighted by atomic mass is 9.80. The van der Waals surface area contributed by atoms with Crippen molar-refractivity contribution < 1.29 is 18.7 Å². The number of carbonyl (C=O) groups excluding carboxylic acids is 2. The summed E-state index contributed by atoms with van der Waals surface area (Å²) in [6.07, 6.45) is 3.43. The smallest absolute Gasteiger partial charge is 0.336 e. The molecule has 3 aliphatic rings. The number of hydrazine groups is 1. The van der Waals surface area contributed by atoms with E-state index in [1.54, 1.807) is 40.2 Å². The Labute approximate surface area is 192 Å². The van der Waals surface area contributed by atoms with E-state index in [0.29, 0.717) is 17.9 Å². The first kappa shape index (κ1) is 21.9. The number of hydrogen-bond acceptors (Lipinski definition) is 5. The molecule has 1 saturated carbocycles. The van der Waals surface area contributed by atoms with Crippen LogP contribution in [0.15, 0.2) is 48.5 Å². The lowest BCUT2D eigenvalue weighted by Crippen LogP contribution is -2.66. The van der Waals surface area contributed by atoms with Crippen molar-refractivity contribution in [3.63, 3.8) is 0 Å². The summed E-state index contributed by atoms with van der Waals surface area (Å²) in [5.41, 5.74) is 4.52. The average Bonchev–Trinajstić information content (AvgIpc) is 3.28. The number of fused-ring (bicyclic) bond motifs is 3. The highest BCUT2D eigenvalue weighted by Gasteiger charge is 2.51. The minimum Gasteiger partial charge on any atom is -0.494 e. The lowest BCUT2D eigenvalue weighted by molar-refractivity contribution is 0.00126. The van der Waals surface area contributed by atoms with E-state index in [1.807, 2.05) is 13.0 Å². The first-order valence-electron chi connectivity index (χ1n) is 11.7. The Morgan fingerprint density at radius 2 is 1.94 bits per heavy atom. The summed E-state index contributed by atoms with van der Waals surface area (Å²) in [6.45, 7) is 2.51. The second kappa shape index (κ2) is 9.11. The lowest BCUT2D eigenvalue weighted by Gasteiger charge is -2.49. The van der Waals surface area contributed by atoms with E-state index in [-0.39, 0.29) is 48.5 Å². The van der Waals surface area contributed by atoms with Gasteiger partial charge in [-0.3, -0.25) is 10.1 Å². The zero-order valence-electron chi connectivity index (χ0n) is 18.7. The Morgan fingerprint density at radius 3 is 2.70 bits per heavy atom. The predicted molar refractivity (Wildman–Crippen MR) is 121 cm³/mol. The molecule has 174 valence electrons. The highest BCUT2D eigenvalue weighted by atomic mass is 19.1. The van der Waals surface area contributed by atoms with Gasteiger partial charge < -0.3 is 9.64 Å². The van der Waals surface area contributed by atoms with Gasteiger partial charge >= 0.3 is 6.03 Å². The maximum Gasteiger partial charge on any atom is 0.336 e. The van der Waals surface area contributed by atoms with Crippen LogP contribution in [-0.4, -0.2) is 47.1 Å². The van der Waals surface area contributed by atoms with Crippen molar-refractivity contribution in [1.29, 1.82) is 0 Å². The molecule has 1 aliphatic carbocycles. The fourth-order valence-electron chi connectivity index (χ4n) is 5.36. The molecule has 2 amide bonds. The van der Waals surface area contributed by atoms with Crippen LogP contribution in [0.1, 0.15) is 54.7 Å². The minimum atomic E-state index is -0.362. The standard InChI is InChI=1S/C25H29FN4O3/c1-2-33-19-12-10-16(11-13-19)22(31)15-29-21-9-4-3-8-20(21)24-27-23(28-30(24)25(29)32)17-6-5-7-18(26)14-17/h5-7,10-14,20-21,23-24,27-28H,2-4,8-9,15H2,1H3. The average molecular weight is 453 g/mol. The Morgan fingerprint density at radius 1 is 1.15 bits per heavy atom. The van der Waals surface area contributed by atoms with E-state index in [0.717, 1.165) is 31.2 Å². The van der Waals surface area contributed by atoms with Gasteiger partial charge in [0.15, 0.2) is 5.78 Å². The van der Waals surface area contributed by atoms with E-state index in [4.69, 9.17) is 4.74 Å². The van der Waals surface area contributed by atoms with Gasteiger partial charge in [0.05, 0.1) is 13.2 Å². The molecule has 2 aromatic carbocycles. The molecular weight excluding hydrogens is 423 g/mol. The molecule has 0 bridgehead atoms. The van der Waals surface area contributed by atoms with Crippen molar-refractivity contribution in [2.75, 3.05) is 13.2 Å². The number of nitrogens with one attached hydrogen (secondary N) is 2. The second-order valence-corrected chi connectivity index (χ2v) is 8.91. The Kier molecular flexibility index (Phi) is 6.03. The number of amides is 2. The molecule has 2 aromatic rings. The topological polar surface area (TPSA) is 73.9 Å². The summed E-state index contributed by atoms with van der Waals surface area (Å²) in [5.74, 6) is 0.498. The van der Waals surface area contributed by atoms with Crippen LogP contribution in [0.4, 0.5) is 9.18 Å². The molecule has 0 aromatic heterocycles. The van der Waals surface area contributed by atoms with Gasteiger partial charge in [0, 0.05) is 17.5 Å². The zero-order valence-corrected chi connectivity index (χ0v) is 18.7. The van der Waals surface area contributed by atoms with Crippen molar-refractivity contribution in [2.45, 2.75) is 51.0 Å². The van der Waals surface area contributed by atoms with E-state index >= 15 is 0 Å². The number of ether oxygens (including phenoxy) is 1. The second-order valence-electron chi connectivity index (χ2n) is 8.91. The Bertz CT molecular complexity index is 1030. The molecule has 2 aliphatic heterocycles. The predicted octanol–water partition coefficient (Wildman–Crippen LogP) is 3.84. The largest absolute Gasteiger partial charge is 0.494 e. The van der Waals surface area contributed by atoms with Crippen molar-refractivity contribution in [3.8, 4) is 5.75 Å². The van der Waals surface area contributed by atoms with E-state index in [1.165, 1.54) is 12.1 Å². The zero-order chi connectivity index (χ0) is 22.9. The fraction of sp³-hybridized carbons (Fsp3) is 0.440. The molecule has 2 saturated heterocycles. The van der Waals surface area contributed by atoms with Crippen LogP contribution in [-0.2, 0) is 0 Å². The number of ketones is 1. The minimum absolute atomic E-state index is 0.000271. The molecule has 2 N–H and O–H groups in total. The van der Waals surface area contributed by atoms with Gasteiger partial charge in [0.2, 0.25) is 0 Å². The number of carbonyl (C=O) groups is 2. The third-order valence-corrected chi connectivity index (χ3v) is 6.91.